The summed E-state index contributed by atoms with van der Waals surface area (Å²) in [5, 5.41) is 8.65. The number of amides is 1. The molecule has 3 aromatic heterocycles. The van der Waals surface area contributed by atoms with Gasteiger partial charge in [0.1, 0.15) is 0 Å². The van der Waals surface area contributed by atoms with Gasteiger partial charge in [-0.1, -0.05) is 44.2 Å². The Balaban J connectivity index is 0.00000137. The van der Waals surface area contributed by atoms with Crippen molar-refractivity contribution in [1.29, 1.82) is 0 Å². The Morgan fingerprint density at radius 1 is 1.03 bits per heavy atom. The van der Waals surface area contributed by atoms with Crippen LogP contribution in [0.1, 0.15) is 46.6 Å². The summed E-state index contributed by atoms with van der Waals surface area (Å²) in [4.78, 5) is 27.8. The van der Waals surface area contributed by atoms with Crippen molar-refractivity contribution in [3.63, 3.8) is 0 Å². The van der Waals surface area contributed by atoms with Crippen LogP contribution in [-0.4, -0.2) is 30.6 Å². The summed E-state index contributed by atoms with van der Waals surface area (Å²) in [6, 6.07) is 14.0. The molecule has 0 bridgehead atoms. The molecule has 8 nitrogen and oxygen atoms in total. The van der Waals surface area contributed by atoms with Crippen molar-refractivity contribution >= 4 is 34.3 Å². The van der Waals surface area contributed by atoms with Gasteiger partial charge < -0.3 is 15.2 Å². The molecular formula is C29H31N7O. The monoisotopic (exact) mass is 493 g/mol. The lowest BCUT2D eigenvalue weighted by atomic mass is 10.0. The normalized spacial score (nSPS) is 12.5. The van der Waals surface area contributed by atoms with Gasteiger partial charge in [-0.3, -0.25) is 9.48 Å². The maximum atomic E-state index is 13.3. The standard InChI is InChI=1S/C27H25N7O.C2H6/c1-15-7-5-8-18-14-34(26(35)23(15)18)21-10-6-9-19-20(13-28-25(19)21)24-16(2)12-29-27(31-24)30-22-11-17(3)33(4)32-22;1-2/h5-13,28H,14H2,1-4H3,(H,29,30,31,32);1-2H3. The highest BCUT2D eigenvalue weighted by molar-refractivity contribution is 6.15. The second-order valence-electron chi connectivity index (χ2n) is 9.05. The van der Waals surface area contributed by atoms with Gasteiger partial charge in [-0.25, -0.2) is 9.97 Å². The van der Waals surface area contributed by atoms with E-state index < -0.39 is 0 Å². The largest absolute Gasteiger partial charge is 0.359 e. The van der Waals surface area contributed by atoms with Crippen molar-refractivity contribution in [3.8, 4) is 11.3 Å². The number of para-hydroxylation sites is 1. The van der Waals surface area contributed by atoms with E-state index in [-0.39, 0.29) is 5.91 Å². The molecule has 5 aromatic rings. The van der Waals surface area contributed by atoms with E-state index in [1.54, 1.807) is 4.68 Å². The van der Waals surface area contributed by atoms with E-state index >= 15 is 0 Å². The molecule has 6 rings (SSSR count). The van der Waals surface area contributed by atoms with E-state index in [9.17, 15) is 4.79 Å². The number of H-pyrrole nitrogens is 1. The number of nitrogens with one attached hydrogen (secondary N) is 2. The van der Waals surface area contributed by atoms with Crippen molar-refractivity contribution in [2.24, 2.45) is 7.05 Å². The second-order valence-corrected chi connectivity index (χ2v) is 9.05. The van der Waals surface area contributed by atoms with Crippen LogP contribution >= 0.6 is 0 Å². The summed E-state index contributed by atoms with van der Waals surface area (Å²) in [6.45, 7) is 10.5. The van der Waals surface area contributed by atoms with E-state index in [4.69, 9.17) is 4.98 Å². The molecule has 37 heavy (non-hydrogen) atoms. The van der Waals surface area contributed by atoms with Gasteiger partial charge in [0.15, 0.2) is 5.82 Å². The fraction of sp³-hybridized carbons (Fsp3) is 0.241. The van der Waals surface area contributed by atoms with Crippen LogP contribution in [0.2, 0.25) is 0 Å². The number of aromatic nitrogens is 5. The Hall–Kier alpha value is -4.46. The van der Waals surface area contributed by atoms with Crippen LogP contribution in [-0.2, 0) is 13.6 Å². The quantitative estimate of drug-likeness (QED) is 0.310. The number of hydrogen-bond donors (Lipinski definition) is 2. The second kappa shape index (κ2) is 9.54. The lowest BCUT2D eigenvalue weighted by Gasteiger charge is -2.17. The van der Waals surface area contributed by atoms with Gasteiger partial charge in [-0.2, -0.15) is 5.10 Å². The molecule has 2 N–H and O–H groups in total. The molecule has 0 unspecified atom stereocenters. The highest BCUT2D eigenvalue weighted by Gasteiger charge is 2.31. The molecule has 2 aromatic carbocycles. The molecule has 8 heteroatoms. The zero-order valence-electron chi connectivity index (χ0n) is 22.0. The lowest BCUT2D eigenvalue weighted by Crippen LogP contribution is -2.23. The maximum absolute atomic E-state index is 13.3. The molecule has 188 valence electrons. The number of nitrogens with zero attached hydrogens (tertiary/aromatic N) is 5. The van der Waals surface area contributed by atoms with Crippen molar-refractivity contribution in [3.05, 3.63) is 82.8 Å². The third-order valence-corrected chi connectivity index (χ3v) is 6.71. The van der Waals surface area contributed by atoms with Crippen molar-refractivity contribution < 1.29 is 4.79 Å². The first kappa shape index (κ1) is 24.2. The molecule has 0 fully saturated rings. The van der Waals surface area contributed by atoms with Crippen LogP contribution in [0.15, 0.2) is 54.9 Å². The van der Waals surface area contributed by atoms with Gasteiger partial charge in [-0.15, -0.1) is 0 Å². The Bertz CT molecular complexity index is 1610. The maximum Gasteiger partial charge on any atom is 0.259 e. The van der Waals surface area contributed by atoms with E-state index in [1.807, 2.05) is 95.4 Å². The first-order chi connectivity index (χ1) is 17.9. The molecule has 0 spiro atoms. The Kier molecular flexibility index (Phi) is 6.25. The Morgan fingerprint density at radius 3 is 2.54 bits per heavy atom. The third kappa shape index (κ3) is 4.14. The molecule has 0 aliphatic carbocycles. The topological polar surface area (TPSA) is 91.7 Å². The van der Waals surface area contributed by atoms with Gasteiger partial charge in [0, 0.05) is 47.7 Å². The molecule has 4 heterocycles. The number of aryl methyl sites for hydroxylation is 4. The molecule has 0 atom stereocenters. The first-order valence-corrected chi connectivity index (χ1v) is 12.5. The number of fused-ring (bicyclic) bond motifs is 2. The molecule has 1 aliphatic rings. The molecule has 1 aliphatic heterocycles. The predicted molar refractivity (Wildman–Crippen MR) is 148 cm³/mol. The highest BCUT2D eigenvalue weighted by Crippen LogP contribution is 2.38. The summed E-state index contributed by atoms with van der Waals surface area (Å²) >= 11 is 0. The van der Waals surface area contributed by atoms with Gasteiger partial charge in [-0.05, 0) is 43.5 Å². The van der Waals surface area contributed by atoms with E-state index in [0.717, 1.165) is 55.8 Å². The number of hydrogen-bond acceptors (Lipinski definition) is 5. The summed E-state index contributed by atoms with van der Waals surface area (Å²) in [7, 11) is 1.90. The molecule has 0 saturated heterocycles. The molecule has 0 saturated carbocycles. The smallest absolute Gasteiger partial charge is 0.259 e. The molecular weight excluding hydrogens is 462 g/mol. The van der Waals surface area contributed by atoms with Gasteiger partial charge >= 0.3 is 0 Å². The van der Waals surface area contributed by atoms with Crippen molar-refractivity contribution in [1.82, 2.24) is 24.7 Å². The Labute approximate surface area is 216 Å². The number of benzene rings is 2. The van der Waals surface area contributed by atoms with Crippen LogP contribution < -0.4 is 10.2 Å². The Morgan fingerprint density at radius 2 is 1.81 bits per heavy atom. The highest BCUT2D eigenvalue weighted by atomic mass is 16.2. The first-order valence-electron chi connectivity index (χ1n) is 12.5. The van der Waals surface area contributed by atoms with Crippen LogP contribution in [0.4, 0.5) is 17.5 Å². The van der Waals surface area contributed by atoms with Crippen LogP contribution in [0.25, 0.3) is 22.2 Å². The van der Waals surface area contributed by atoms with E-state index in [1.165, 1.54) is 0 Å². The summed E-state index contributed by atoms with van der Waals surface area (Å²) < 4.78 is 1.80. The van der Waals surface area contributed by atoms with Gasteiger partial charge in [0.05, 0.1) is 23.4 Å². The van der Waals surface area contributed by atoms with Crippen molar-refractivity contribution in [2.45, 2.75) is 41.2 Å². The van der Waals surface area contributed by atoms with E-state index in [0.29, 0.717) is 18.3 Å². The number of rotatable bonds is 4. The summed E-state index contributed by atoms with van der Waals surface area (Å²) in [5.41, 5.74) is 8.44. The number of carbonyl (C=O) groups is 1. The van der Waals surface area contributed by atoms with Crippen LogP contribution in [0, 0.1) is 20.8 Å². The van der Waals surface area contributed by atoms with Crippen LogP contribution in [0.3, 0.4) is 0 Å². The molecule has 1 amide bonds. The van der Waals surface area contributed by atoms with Crippen molar-refractivity contribution in [2.75, 3.05) is 10.2 Å². The number of anilines is 3. The number of carbonyl (C=O) groups excluding carboxylic acids is 1. The number of aromatic amines is 1. The molecule has 0 radical (unpaired) electrons. The van der Waals surface area contributed by atoms with Gasteiger partial charge in [0.25, 0.3) is 5.91 Å². The zero-order valence-corrected chi connectivity index (χ0v) is 22.0. The average molecular weight is 494 g/mol. The summed E-state index contributed by atoms with van der Waals surface area (Å²) in [6.07, 6.45) is 3.77. The fourth-order valence-corrected chi connectivity index (χ4v) is 4.81. The van der Waals surface area contributed by atoms with E-state index in [2.05, 4.69) is 26.4 Å². The zero-order chi connectivity index (χ0) is 26.3. The van der Waals surface area contributed by atoms with Gasteiger partial charge in [0.2, 0.25) is 5.95 Å². The fourth-order valence-electron chi connectivity index (χ4n) is 4.81. The minimum Gasteiger partial charge on any atom is -0.359 e. The lowest BCUT2D eigenvalue weighted by molar-refractivity contribution is 0.0996. The summed E-state index contributed by atoms with van der Waals surface area (Å²) in [5.74, 6) is 1.22. The SMILES string of the molecule is CC.Cc1cnc(Nc2cc(C)n(C)n2)nc1-c1c[nH]c2c(N3Cc4cccc(C)c4C3=O)cccc12. The minimum atomic E-state index is 0.0390. The minimum absolute atomic E-state index is 0.0390. The third-order valence-electron chi connectivity index (χ3n) is 6.71. The van der Waals surface area contributed by atoms with Crippen LogP contribution in [0.5, 0.6) is 0 Å². The predicted octanol–water partition coefficient (Wildman–Crippen LogP) is 6.21. The average Bonchev–Trinajstić information content (AvgIpc) is 3.57.